The molecule has 0 saturated heterocycles. The van der Waals surface area contributed by atoms with Crippen LogP contribution in [0.2, 0.25) is 0 Å². The molecule has 1 aromatic carbocycles. The van der Waals surface area contributed by atoms with Crippen LogP contribution in [-0.2, 0) is 0 Å². The van der Waals surface area contributed by atoms with E-state index in [4.69, 9.17) is 10.5 Å². The van der Waals surface area contributed by atoms with Crippen LogP contribution in [0.25, 0.3) is 0 Å². The fraction of sp³-hybridized carbons (Fsp3) is 0.333. The molecule has 4 heteroatoms. The summed E-state index contributed by atoms with van der Waals surface area (Å²) in [6, 6.07) is 8.72. The first-order chi connectivity index (χ1) is 7.61. The van der Waals surface area contributed by atoms with Crippen molar-refractivity contribution >= 4 is 0 Å². The van der Waals surface area contributed by atoms with Crippen molar-refractivity contribution in [3.8, 4) is 12.1 Å². The van der Waals surface area contributed by atoms with Crippen LogP contribution in [-0.4, -0.2) is 16.3 Å². The highest BCUT2D eigenvalue weighted by atomic mass is 16.3. The van der Waals surface area contributed by atoms with E-state index in [1.807, 2.05) is 6.07 Å². The van der Waals surface area contributed by atoms with Crippen LogP contribution < -0.4 is 0 Å². The molecule has 0 bridgehead atoms. The molecule has 0 aliphatic carbocycles. The molecule has 2 unspecified atom stereocenters. The lowest BCUT2D eigenvalue weighted by atomic mass is 9.95. The third-order valence-electron chi connectivity index (χ3n) is 2.48. The lowest BCUT2D eigenvalue weighted by Crippen LogP contribution is -2.18. The second-order valence-corrected chi connectivity index (χ2v) is 3.51. The Balaban J connectivity index is 3.06. The molecule has 0 radical (unpaired) electrons. The van der Waals surface area contributed by atoms with Crippen LogP contribution in [0.15, 0.2) is 18.2 Å². The van der Waals surface area contributed by atoms with E-state index in [0.717, 1.165) is 0 Å². The molecule has 1 aromatic rings. The summed E-state index contributed by atoms with van der Waals surface area (Å²) in [6.45, 7) is 1.70. The van der Waals surface area contributed by atoms with E-state index in [-0.39, 0.29) is 6.42 Å². The molecule has 2 atom stereocenters. The van der Waals surface area contributed by atoms with E-state index < -0.39 is 12.2 Å². The topological polar surface area (TPSA) is 88.0 Å². The van der Waals surface area contributed by atoms with E-state index in [9.17, 15) is 10.2 Å². The molecule has 2 N–H and O–H groups in total. The number of benzene rings is 1. The van der Waals surface area contributed by atoms with Crippen molar-refractivity contribution in [2.45, 2.75) is 25.6 Å². The Morgan fingerprint density at radius 2 is 2.00 bits per heavy atom. The maximum atomic E-state index is 9.81. The lowest BCUT2D eigenvalue weighted by Gasteiger charge is -2.18. The average Bonchev–Trinajstić information content (AvgIpc) is 2.29. The number of hydrogen-bond acceptors (Lipinski definition) is 4. The highest BCUT2D eigenvalue weighted by molar-refractivity contribution is 5.43. The molecule has 0 saturated carbocycles. The fourth-order valence-corrected chi connectivity index (χ4v) is 1.51. The van der Waals surface area contributed by atoms with Gasteiger partial charge in [0.25, 0.3) is 0 Å². The second kappa shape index (κ2) is 5.27. The molecule has 0 aliphatic rings. The van der Waals surface area contributed by atoms with Gasteiger partial charge < -0.3 is 10.2 Å². The predicted molar refractivity (Wildman–Crippen MR) is 57.1 cm³/mol. The molecule has 0 aliphatic heterocycles. The summed E-state index contributed by atoms with van der Waals surface area (Å²) in [4.78, 5) is 0. The SMILES string of the molecule is Cc1c(C#N)cccc1C(O)C(O)CC#N. The zero-order valence-corrected chi connectivity index (χ0v) is 8.88. The van der Waals surface area contributed by atoms with E-state index in [1.54, 1.807) is 31.2 Å². The summed E-state index contributed by atoms with van der Waals surface area (Å²) in [6.07, 6.45) is -2.40. The predicted octanol–water partition coefficient (Wildman–Crippen LogP) is 1.17. The number of nitriles is 2. The van der Waals surface area contributed by atoms with E-state index in [1.165, 1.54) is 0 Å². The van der Waals surface area contributed by atoms with Gasteiger partial charge in [0.1, 0.15) is 6.10 Å². The van der Waals surface area contributed by atoms with Gasteiger partial charge in [-0.05, 0) is 24.1 Å². The van der Waals surface area contributed by atoms with Gasteiger partial charge in [0, 0.05) is 0 Å². The van der Waals surface area contributed by atoms with Gasteiger partial charge >= 0.3 is 0 Å². The monoisotopic (exact) mass is 216 g/mol. The largest absolute Gasteiger partial charge is 0.389 e. The quantitative estimate of drug-likeness (QED) is 0.793. The summed E-state index contributed by atoms with van der Waals surface area (Å²) in [5.41, 5.74) is 1.58. The molecule has 4 nitrogen and oxygen atoms in total. The summed E-state index contributed by atoms with van der Waals surface area (Å²) in [7, 11) is 0. The minimum Gasteiger partial charge on any atom is -0.389 e. The van der Waals surface area contributed by atoms with Gasteiger partial charge in [-0.2, -0.15) is 10.5 Å². The molecular formula is C12H12N2O2. The fourth-order valence-electron chi connectivity index (χ4n) is 1.51. The Kier molecular flexibility index (Phi) is 4.02. The standard InChI is InChI=1S/C12H12N2O2/c1-8-9(7-14)3-2-4-10(8)12(16)11(15)5-6-13/h2-4,11-12,15-16H,5H2,1H3. The van der Waals surface area contributed by atoms with E-state index in [0.29, 0.717) is 16.7 Å². The van der Waals surface area contributed by atoms with Crippen molar-refractivity contribution in [3.05, 3.63) is 34.9 Å². The number of aliphatic hydroxyl groups excluding tert-OH is 2. The Labute approximate surface area is 94.0 Å². The van der Waals surface area contributed by atoms with Crippen LogP contribution in [0, 0.1) is 29.6 Å². The average molecular weight is 216 g/mol. The molecule has 0 spiro atoms. The van der Waals surface area contributed by atoms with E-state index >= 15 is 0 Å². The number of rotatable bonds is 3. The van der Waals surface area contributed by atoms with Crippen molar-refractivity contribution in [1.29, 1.82) is 10.5 Å². The first-order valence-corrected chi connectivity index (χ1v) is 4.84. The first-order valence-electron chi connectivity index (χ1n) is 4.84. The Bertz CT molecular complexity index is 457. The molecule has 1 rings (SSSR count). The van der Waals surface area contributed by atoms with Gasteiger partial charge in [-0.1, -0.05) is 12.1 Å². The minimum atomic E-state index is -1.13. The van der Waals surface area contributed by atoms with Crippen molar-refractivity contribution in [1.82, 2.24) is 0 Å². The zero-order valence-electron chi connectivity index (χ0n) is 8.88. The van der Waals surface area contributed by atoms with Crippen molar-refractivity contribution in [2.75, 3.05) is 0 Å². The van der Waals surface area contributed by atoms with Gasteiger partial charge in [0.05, 0.1) is 30.2 Å². The maximum absolute atomic E-state index is 9.81. The van der Waals surface area contributed by atoms with Gasteiger partial charge in [-0.3, -0.25) is 0 Å². The van der Waals surface area contributed by atoms with Gasteiger partial charge in [0.2, 0.25) is 0 Å². The highest BCUT2D eigenvalue weighted by Gasteiger charge is 2.20. The highest BCUT2D eigenvalue weighted by Crippen LogP contribution is 2.24. The third-order valence-corrected chi connectivity index (χ3v) is 2.48. The molecule has 0 fully saturated rings. The molecule has 16 heavy (non-hydrogen) atoms. The molecule has 82 valence electrons. The van der Waals surface area contributed by atoms with E-state index in [2.05, 4.69) is 0 Å². The van der Waals surface area contributed by atoms with Crippen LogP contribution >= 0.6 is 0 Å². The number of aliphatic hydroxyl groups is 2. The first kappa shape index (κ1) is 12.2. The molecular weight excluding hydrogens is 204 g/mol. The van der Waals surface area contributed by atoms with Gasteiger partial charge in [0.15, 0.2) is 0 Å². The molecule has 0 amide bonds. The van der Waals surface area contributed by atoms with Crippen LogP contribution in [0.1, 0.15) is 29.2 Å². The molecule has 0 aromatic heterocycles. The number of nitrogens with zero attached hydrogens (tertiary/aromatic N) is 2. The van der Waals surface area contributed by atoms with Crippen LogP contribution in [0.4, 0.5) is 0 Å². The third kappa shape index (κ3) is 2.38. The summed E-state index contributed by atoms with van der Waals surface area (Å²) >= 11 is 0. The summed E-state index contributed by atoms with van der Waals surface area (Å²) < 4.78 is 0. The van der Waals surface area contributed by atoms with Crippen molar-refractivity contribution in [3.63, 3.8) is 0 Å². The summed E-state index contributed by atoms with van der Waals surface area (Å²) in [5.74, 6) is 0. The zero-order chi connectivity index (χ0) is 12.1. The number of hydrogen-bond donors (Lipinski definition) is 2. The Morgan fingerprint density at radius 3 is 2.56 bits per heavy atom. The Hall–Kier alpha value is -1.88. The normalized spacial score (nSPS) is 13.6. The second-order valence-electron chi connectivity index (χ2n) is 3.51. The van der Waals surface area contributed by atoms with Crippen LogP contribution in [0.3, 0.4) is 0 Å². The van der Waals surface area contributed by atoms with Crippen molar-refractivity contribution < 1.29 is 10.2 Å². The summed E-state index contributed by atoms with van der Waals surface area (Å²) in [5, 5.41) is 36.6. The van der Waals surface area contributed by atoms with Gasteiger partial charge in [-0.15, -0.1) is 0 Å². The van der Waals surface area contributed by atoms with Gasteiger partial charge in [-0.25, -0.2) is 0 Å². The van der Waals surface area contributed by atoms with Crippen LogP contribution in [0.5, 0.6) is 0 Å². The minimum absolute atomic E-state index is 0.141. The smallest absolute Gasteiger partial charge is 0.106 e. The van der Waals surface area contributed by atoms with Crippen molar-refractivity contribution in [2.24, 2.45) is 0 Å². The lowest BCUT2D eigenvalue weighted by molar-refractivity contribution is 0.0212. The molecule has 0 heterocycles. The Morgan fingerprint density at radius 1 is 1.31 bits per heavy atom. The maximum Gasteiger partial charge on any atom is 0.106 e.